The number of guanidine groups is 1. The molecule has 0 aromatic carbocycles. The summed E-state index contributed by atoms with van der Waals surface area (Å²) in [4.78, 5) is 18.7. The van der Waals surface area contributed by atoms with Gasteiger partial charge in [-0.3, -0.25) is 4.99 Å². The Bertz CT molecular complexity index is 434. The van der Waals surface area contributed by atoms with Crippen LogP contribution in [0.2, 0.25) is 0 Å². The molecule has 0 atom stereocenters. The minimum absolute atomic E-state index is 0. The Kier molecular flexibility index (Phi) is 13.9. The number of alkyl carbamates (subject to hydrolysis) is 1. The number of ether oxygens (including phenoxy) is 1. The second-order valence-electron chi connectivity index (χ2n) is 7.89. The number of aliphatic imine (C=N–C) groups is 1. The summed E-state index contributed by atoms with van der Waals surface area (Å²) >= 11 is 0. The minimum Gasteiger partial charge on any atom is -0.444 e. The number of nitrogens with zero attached hydrogens (tertiary/aromatic N) is 2. The van der Waals surface area contributed by atoms with Crippen LogP contribution < -0.4 is 16.0 Å². The molecule has 0 bridgehead atoms. The number of hydrogen-bond acceptors (Lipinski definition) is 4. The van der Waals surface area contributed by atoms with Gasteiger partial charge in [-0.05, 0) is 47.6 Å². The van der Waals surface area contributed by atoms with Crippen LogP contribution in [0.15, 0.2) is 4.99 Å². The van der Waals surface area contributed by atoms with Crippen molar-refractivity contribution in [3.05, 3.63) is 0 Å². The summed E-state index contributed by atoms with van der Waals surface area (Å²) in [7, 11) is 2.20. The first-order valence-corrected chi connectivity index (χ1v) is 10.0. The highest BCUT2D eigenvalue weighted by Crippen LogP contribution is 2.21. The Morgan fingerprint density at radius 2 is 1.74 bits per heavy atom. The predicted molar refractivity (Wildman–Crippen MR) is 123 cm³/mol. The summed E-state index contributed by atoms with van der Waals surface area (Å²) in [5.41, 5.74) is -0.474. The Hall–Kier alpha value is -0.770. The first-order valence-electron chi connectivity index (χ1n) is 10.0. The van der Waals surface area contributed by atoms with Gasteiger partial charge < -0.3 is 25.6 Å². The molecule has 3 N–H and O–H groups in total. The summed E-state index contributed by atoms with van der Waals surface area (Å²) in [6.07, 6.45) is 6.33. The summed E-state index contributed by atoms with van der Waals surface area (Å²) < 4.78 is 5.21. The highest BCUT2D eigenvalue weighted by atomic mass is 127. The van der Waals surface area contributed by atoms with Crippen LogP contribution in [0.1, 0.15) is 59.8 Å². The molecular formula is C19H40IN5O2. The molecule has 1 aliphatic rings. The van der Waals surface area contributed by atoms with Gasteiger partial charge in [-0.2, -0.15) is 0 Å². The van der Waals surface area contributed by atoms with Crippen LogP contribution in [-0.4, -0.2) is 68.4 Å². The van der Waals surface area contributed by atoms with Gasteiger partial charge in [-0.1, -0.05) is 19.3 Å². The highest BCUT2D eigenvalue weighted by Gasteiger charge is 2.17. The second kappa shape index (κ2) is 14.3. The van der Waals surface area contributed by atoms with E-state index in [0.29, 0.717) is 19.1 Å². The molecule has 1 fully saturated rings. The summed E-state index contributed by atoms with van der Waals surface area (Å²) in [6.45, 7) is 11.2. The van der Waals surface area contributed by atoms with Crippen LogP contribution >= 0.6 is 24.0 Å². The van der Waals surface area contributed by atoms with Crippen molar-refractivity contribution >= 4 is 36.0 Å². The fraction of sp³-hybridized carbons (Fsp3) is 0.895. The molecule has 0 aliphatic heterocycles. The van der Waals surface area contributed by atoms with E-state index in [1.54, 1.807) is 0 Å². The third-order valence-electron chi connectivity index (χ3n) is 4.35. The minimum atomic E-state index is -0.474. The molecule has 0 heterocycles. The molecule has 160 valence electrons. The Balaban J connectivity index is 0.00000676. The van der Waals surface area contributed by atoms with Crippen LogP contribution in [0.5, 0.6) is 0 Å². The van der Waals surface area contributed by atoms with Gasteiger partial charge in [0.2, 0.25) is 0 Å². The maximum absolute atomic E-state index is 11.6. The topological polar surface area (TPSA) is 78.0 Å². The fourth-order valence-electron chi connectivity index (χ4n) is 3.03. The van der Waals surface area contributed by atoms with Gasteiger partial charge in [0.15, 0.2) is 5.96 Å². The first-order chi connectivity index (χ1) is 12.3. The van der Waals surface area contributed by atoms with Crippen molar-refractivity contribution in [3.8, 4) is 0 Å². The molecule has 27 heavy (non-hydrogen) atoms. The van der Waals surface area contributed by atoms with E-state index in [-0.39, 0.29) is 24.0 Å². The maximum atomic E-state index is 11.6. The lowest BCUT2D eigenvalue weighted by molar-refractivity contribution is 0.0529. The van der Waals surface area contributed by atoms with Crippen LogP contribution in [0, 0.1) is 0 Å². The molecule has 1 rings (SSSR count). The van der Waals surface area contributed by atoms with Crippen LogP contribution in [-0.2, 0) is 4.74 Å². The van der Waals surface area contributed by atoms with E-state index in [9.17, 15) is 4.79 Å². The van der Waals surface area contributed by atoms with Crippen molar-refractivity contribution in [2.75, 3.05) is 39.8 Å². The normalized spacial score (nSPS) is 15.9. The van der Waals surface area contributed by atoms with Gasteiger partial charge in [0.25, 0.3) is 0 Å². The smallest absolute Gasteiger partial charge is 0.407 e. The average Bonchev–Trinajstić information content (AvgIpc) is 2.57. The largest absolute Gasteiger partial charge is 0.444 e. The zero-order valence-corrected chi connectivity index (χ0v) is 20.1. The molecule has 0 unspecified atom stereocenters. The molecular weight excluding hydrogens is 457 g/mol. The Morgan fingerprint density at radius 3 is 2.33 bits per heavy atom. The van der Waals surface area contributed by atoms with Crippen molar-refractivity contribution in [3.63, 3.8) is 0 Å². The summed E-state index contributed by atoms with van der Waals surface area (Å²) in [5, 5.41) is 9.22. The second-order valence-corrected chi connectivity index (χ2v) is 7.89. The van der Waals surface area contributed by atoms with Gasteiger partial charge in [0, 0.05) is 32.2 Å². The quantitative estimate of drug-likeness (QED) is 0.208. The zero-order chi connectivity index (χ0) is 19.4. The lowest BCUT2D eigenvalue weighted by Gasteiger charge is -2.30. The van der Waals surface area contributed by atoms with Gasteiger partial charge >= 0.3 is 6.09 Å². The van der Waals surface area contributed by atoms with E-state index in [1.165, 1.54) is 32.1 Å². The third-order valence-corrected chi connectivity index (χ3v) is 4.35. The number of rotatable bonds is 8. The number of halogens is 1. The monoisotopic (exact) mass is 497 g/mol. The molecule has 7 nitrogen and oxygen atoms in total. The van der Waals surface area contributed by atoms with E-state index in [1.807, 2.05) is 27.7 Å². The molecule has 1 aliphatic carbocycles. The van der Waals surface area contributed by atoms with Gasteiger partial charge in [0.05, 0.1) is 6.54 Å². The zero-order valence-electron chi connectivity index (χ0n) is 17.8. The molecule has 8 heteroatoms. The SMILES string of the molecule is CCNC(=NCCN(C)C1CCCCC1)NCCNC(=O)OC(C)(C)C.I. The highest BCUT2D eigenvalue weighted by molar-refractivity contribution is 14.0. The fourth-order valence-corrected chi connectivity index (χ4v) is 3.03. The van der Waals surface area contributed by atoms with Gasteiger partial charge in [-0.25, -0.2) is 4.79 Å². The Labute approximate surface area is 182 Å². The number of amides is 1. The van der Waals surface area contributed by atoms with Gasteiger partial charge in [0.1, 0.15) is 5.60 Å². The van der Waals surface area contributed by atoms with Crippen molar-refractivity contribution < 1.29 is 9.53 Å². The van der Waals surface area contributed by atoms with Crippen LogP contribution in [0.25, 0.3) is 0 Å². The lowest BCUT2D eigenvalue weighted by atomic mass is 9.94. The summed E-state index contributed by atoms with van der Waals surface area (Å²) in [6, 6.07) is 0.715. The standard InChI is InChI=1S/C19H39N5O2.HI/c1-6-20-17(21-12-13-23-18(25)26-19(2,3)4)22-14-15-24(5)16-10-8-7-9-11-16;/h16H,6-15H2,1-5H3,(H,23,25)(H2,20,21,22);1H. The van der Waals surface area contributed by atoms with Crippen molar-refractivity contribution in [1.29, 1.82) is 0 Å². The number of nitrogens with one attached hydrogen (secondary N) is 3. The van der Waals surface area contributed by atoms with E-state index in [2.05, 4.69) is 32.9 Å². The number of carbonyl (C=O) groups excluding carboxylic acids is 1. The maximum Gasteiger partial charge on any atom is 0.407 e. The Morgan fingerprint density at radius 1 is 1.11 bits per heavy atom. The number of carbonyl (C=O) groups is 1. The van der Waals surface area contributed by atoms with Crippen LogP contribution in [0.3, 0.4) is 0 Å². The predicted octanol–water partition coefficient (Wildman–Crippen LogP) is 2.95. The molecule has 0 radical (unpaired) electrons. The lowest BCUT2D eigenvalue weighted by Crippen LogP contribution is -2.43. The molecule has 0 aromatic rings. The molecule has 0 spiro atoms. The van der Waals surface area contributed by atoms with Crippen molar-refractivity contribution in [2.24, 2.45) is 4.99 Å². The van der Waals surface area contributed by atoms with E-state index in [4.69, 9.17) is 4.74 Å². The molecule has 1 amide bonds. The van der Waals surface area contributed by atoms with Crippen LogP contribution in [0.4, 0.5) is 4.79 Å². The van der Waals surface area contributed by atoms with E-state index >= 15 is 0 Å². The first kappa shape index (κ1) is 26.2. The van der Waals surface area contributed by atoms with Crippen molar-refractivity contribution in [2.45, 2.75) is 71.4 Å². The average molecular weight is 497 g/mol. The molecule has 0 aromatic heterocycles. The number of hydrogen-bond donors (Lipinski definition) is 3. The number of likely N-dealkylation sites (N-methyl/N-ethyl adjacent to an activating group) is 1. The van der Waals surface area contributed by atoms with Gasteiger partial charge in [-0.15, -0.1) is 24.0 Å². The van der Waals surface area contributed by atoms with E-state index in [0.717, 1.165) is 25.6 Å². The van der Waals surface area contributed by atoms with E-state index < -0.39 is 11.7 Å². The molecule has 1 saturated carbocycles. The summed E-state index contributed by atoms with van der Waals surface area (Å²) in [5.74, 6) is 0.788. The molecule has 0 saturated heterocycles. The van der Waals surface area contributed by atoms with Crippen molar-refractivity contribution in [1.82, 2.24) is 20.9 Å². The third kappa shape index (κ3) is 13.1.